The molecule has 5 rings (SSSR count). The number of pyridine rings is 1. The summed E-state index contributed by atoms with van der Waals surface area (Å²) in [5.74, 6) is 0.242. The van der Waals surface area contributed by atoms with Crippen molar-refractivity contribution in [3.05, 3.63) is 106 Å². The first kappa shape index (κ1) is 29.4. The van der Waals surface area contributed by atoms with Gasteiger partial charge >= 0.3 is 6.18 Å². The molecule has 3 aromatic carbocycles. The molecule has 42 heavy (non-hydrogen) atoms. The van der Waals surface area contributed by atoms with Crippen LogP contribution in [0.3, 0.4) is 0 Å². The number of amides is 1. The number of anilines is 2. The summed E-state index contributed by atoms with van der Waals surface area (Å²) in [6, 6.07) is 18.2. The SMILES string of the molecule is NS(=O)(=O)c1ccc(CNC(=O)c2ccc(-c3cnc4c(c3)N(Cc3cc(Cl)ccc3C(F)(F)F)CCN4)cc2)cc1. The number of nitrogens with two attached hydrogens (primary N) is 1. The second-order valence-corrected chi connectivity index (χ2v) is 11.7. The van der Waals surface area contributed by atoms with Gasteiger partial charge in [-0.25, -0.2) is 18.5 Å². The van der Waals surface area contributed by atoms with Crippen LogP contribution in [0, 0.1) is 0 Å². The monoisotopic (exact) mass is 615 g/mol. The Kier molecular flexibility index (Phi) is 8.13. The minimum atomic E-state index is -4.51. The van der Waals surface area contributed by atoms with Crippen LogP contribution in [0.25, 0.3) is 11.1 Å². The highest BCUT2D eigenvalue weighted by molar-refractivity contribution is 7.89. The molecule has 4 aromatic rings. The van der Waals surface area contributed by atoms with Crippen molar-refractivity contribution in [3.8, 4) is 11.1 Å². The molecule has 0 saturated carbocycles. The minimum Gasteiger partial charge on any atom is -0.367 e. The molecular weight excluding hydrogens is 591 g/mol. The number of nitrogens with one attached hydrogen (secondary N) is 2. The molecule has 0 aliphatic carbocycles. The molecule has 0 bridgehead atoms. The second-order valence-electron chi connectivity index (χ2n) is 9.69. The lowest BCUT2D eigenvalue weighted by Crippen LogP contribution is -2.34. The summed E-state index contributed by atoms with van der Waals surface area (Å²) in [7, 11) is -3.80. The molecule has 1 aliphatic heterocycles. The zero-order valence-electron chi connectivity index (χ0n) is 22.0. The van der Waals surface area contributed by atoms with Crippen LogP contribution in [0.15, 0.2) is 83.9 Å². The first-order valence-corrected chi connectivity index (χ1v) is 14.7. The molecule has 0 radical (unpaired) electrons. The van der Waals surface area contributed by atoms with Crippen molar-refractivity contribution in [1.82, 2.24) is 10.3 Å². The molecule has 0 saturated heterocycles. The Bertz CT molecular complexity index is 1730. The van der Waals surface area contributed by atoms with E-state index < -0.39 is 21.8 Å². The number of sulfonamides is 1. The quantitative estimate of drug-likeness (QED) is 0.255. The largest absolute Gasteiger partial charge is 0.416 e. The molecule has 0 fully saturated rings. The fourth-order valence-corrected chi connectivity index (χ4v) is 5.36. The lowest BCUT2D eigenvalue weighted by molar-refractivity contribution is -0.138. The molecular formula is C29H25ClF3N5O3S. The molecule has 1 aromatic heterocycles. The van der Waals surface area contributed by atoms with Gasteiger partial charge in [0, 0.05) is 48.5 Å². The lowest BCUT2D eigenvalue weighted by atomic mass is 10.0. The fourth-order valence-electron chi connectivity index (χ4n) is 4.65. The van der Waals surface area contributed by atoms with Gasteiger partial charge in [-0.15, -0.1) is 0 Å². The van der Waals surface area contributed by atoms with Crippen molar-refractivity contribution < 1.29 is 26.4 Å². The van der Waals surface area contributed by atoms with Crippen LogP contribution in [-0.4, -0.2) is 32.4 Å². The Morgan fingerprint density at radius 1 is 1.02 bits per heavy atom. The smallest absolute Gasteiger partial charge is 0.367 e. The van der Waals surface area contributed by atoms with E-state index in [9.17, 15) is 26.4 Å². The van der Waals surface area contributed by atoms with Gasteiger partial charge in [0.15, 0.2) is 0 Å². The Hall–Kier alpha value is -4.13. The average Bonchev–Trinajstić information content (AvgIpc) is 2.95. The number of halogens is 4. The summed E-state index contributed by atoms with van der Waals surface area (Å²) in [6.07, 6.45) is -2.85. The lowest BCUT2D eigenvalue weighted by Gasteiger charge is -2.32. The Morgan fingerprint density at radius 3 is 2.40 bits per heavy atom. The van der Waals surface area contributed by atoms with E-state index in [0.29, 0.717) is 35.7 Å². The van der Waals surface area contributed by atoms with Gasteiger partial charge in [-0.3, -0.25) is 4.79 Å². The van der Waals surface area contributed by atoms with Crippen LogP contribution in [0.4, 0.5) is 24.7 Å². The Balaban J connectivity index is 1.31. The van der Waals surface area contributed by atoms with E-state index in [1.54, 1.807) is 42.6 Å². The van der Waals surface area contributed by atoms with Crippen molar-refractivity contribution in [2.75, 3.05) is 23.3 Å². The normalized spacial score (nSPS) is 13.3. The maximum absolute atomic E-state index is 13.7. The molecule has 1 aliphatic rings. The van der Waals surface area contributed by atoms with Crippen LogP contribution < -0.4 is 20.7 Å². The van der Waals surface area contributed by atoms with E-state index in [0.717, 1.165) is 17.2 Å². The zero-order valence-corrected chi connectivity index (χ0v) is 23.5. The Morgan fingerprint density at radius 2 is 1.74 bits per heavy atom. The van der Waals surface area contributed by atoms with Crippen LogP contribution in [0.2, 0.25) is 5.02 Å². The number of aromatic nitrogens is 1. The van der Waals surface area contributed by atoms with Gasteiger partial charge in [0.25, 0.3) is 5.91 Å². The summed E-state index contributed by atoms with van der Waals surface area (Å²) in [5.41, 5.74) is 2.60. The Labute approximate surface area is 245 Å². The molecule has 13 heteroatoms. The summed E-state index contributed by atoms with van der Waals surface area (Å²) < 4.78 is 63.8. The maximum atomic E-state index is 13.7. The average molecular weight is 616 g/mol. The van der Waals surface area contributed by atoms with E-state index in [1.807, 2.05) is 11.0 Å². The van der Waals surface area contributed by atoms with Crippen LogP contribution in [0.1, 0.15) is 27.0 Å². The van der Waals surface area contributed by atoms with E-state index in [2.05, 4.69) is 15.6 Å². The van der Waals surface area contributed by atoms with Crippen molar-refractivity contribution in [1.29, 1.82) is 0 Å². The second kappa shape index (κ2) is 11.6. The first-order chi connectivity index (χ1) is 19.9. The zero-order chi connectivity index (χ0) is 30.1. The van der Waals surface area contributed by atoms with Crippen LogP contribution in [-0.2, 0) is 29.3 Å². The minimum absolute atomic E-state index is 0.000906. The molecule has 0 atom stereocenters. The maximum Gasteiger partial charge on any atom is 0.416 e. The van der Waals surface area contributed by atoms with E-state index in [-0.39, 0.29) is 34.5 Å². The summed E-state index contributed by atoms with van der Waals surface area (Å²) in [5, 5.41) is 11.3. The fraction of sp³-hybridized carbons (Fsp3) is 0.172. The number of hydrogen-bond donors (Lipinski definition) is 3. The third kappa shape index (κ3) is 6.67. The van der Waals surface area contributed by atoms with Gasteiger partial charge in [-0.05, 0) is 65.2 Å². The van der Waals surface area contributed by atoms with Crippen molar-refractivity contribution in [3.63, 3.8) is 0 Å². The number of nitrogens with zero attached hydrogens (tertiary/aromatic N) is 2. The summed E-state index contributed by atoms with van der Waals surface area (Å²) in [6.45, 7) is 1.16. The molecule has 0 spiro atoms. The number of fused-ring (bicyclic) bond motifs is 1. The molecule has 2 heterocycles. The predicted molar refractivity (Wildman–Crippen MR) is 155 cm³/mol. The van der Waals surface area contributed by atoms with Gasteiger partial charge in [0.1, 0.15) is 5.82 Å². The van der Waals surface area contributed by atoms with Gasteiger partial charge in [0.05, 0.1) is 16.1 Å². The number of alkyl halides is 3. The highest BCUT2D eigenvalue weighted by Gasteiger charge is 2.34. The van der Waals surface area contributed by atoms with E-state index in [4.69, 9.17) is 16.7 Å². The number of hydrogen-bond acceptors (Lipinski definition) is 6. The van der Waals surface area contributed by atoms with Crippen molar-refractivity contribution in [2.24, 2.45) is 5.14 Å². The standard InChI is InChI=1S/C29H25ClF3N5O3S/c30-23-7-10-25(29(31,32)33)22(13-23)17-38-12-11-35-27-26(38)14-21(16-36-27)19-3-5-20(6-4-19)28(39)37-15-18-1-8-24(9-2-18)42(34,40)41/h1-10,13-14,16H,11-12,15,17H2,(H,35,36)(H,37,39)(H2,34,40,41). The van der Waals surface area contributed by atoms with Crippen molar-refractivity contribution in [2.45, 2.75) is 24.2 Å². The summed E-state index contributed by atoms with van der Waals surface area (Å²) >= 11 is 6.03. The highest BCUT2D eigenvalue weighted by Crippen LogP contribution is 2.37. The molecule has 4 N–H and O–H groups in total. The third-order valence-corrected chi connectivity index (χ3v) is 7.97. The topological polar surface area (TPSA) is 117 Å². The van der Waals surface area contributed by atoms with Crippen molar-refractivity contribution >= 4 is 39.0 Å². The number of benzene rings is 3. The van der Waals surface area contributed by atoms with Gasteiger partial charge in [-0.1, -0.05) is 35.9 Å². The first-order valence-electron chi connectivity index (χ1n) is 12.7. The molecule has 8 nitrogen and oxygen atoms in total. The number of rotatable bonds is 7. The predicted octanol–water partition coefficient (Wildman–Crippen LogP) is 5.43. The van der Waals surface area contributed by atoms with E-state index in [1.165, 1.54) is 24.3 Å². The molecule has 0 unspecified atom stereocenters. The van der Waals surface area contributed by atoms with Gasteiger partial charge in [-0.2, -0.15) is 13.2 Å². The third-order valence-electron chi connectivity index (χ3n) is 6.80. The number of carbonyl (C=O) groups excluding carboxylic acids is 1. The van der Waals surface area contributed by atoms with E-state index >= 15 is 0 Å². The summed E-state index contributed by atoms with van der Waals surface area (Å²) in [4.78, 5) is 19.0. The number of primary sulfonamides is 1. The van der Waals surface area contributed by atoms with Gasteiger partial charge < -0.3 is 15.5 Å². The number of carbonyl (C=O) groups is 1. The molecule has 218 valence electrons. The highest BCUT2D eigenvalue weighted by atomic mass is 35.5. The van der Waals surface area contributed by atoms with Gasteiger partial charge in [0.2, 0.25) is 10.0 Å². The molecule has 1 amide bonds. The van der Waals surface area contributed by atoms with Crippen LogP contribution in [0.5, 0.6) is 0 Å². The van der Waals surface area contributed by atoms with Crippen LogP contribution >= 0.6 is 11.6 Å².